The van der Waals surface area contributed by atoms with E-state index in [9.17, 15) is 4.79 Å². The second kappa shape index (κ2) is 6.95. The van der Waals surface area contributed by atoms with Crippen LogP contribution in [0.25, 0.3) is 0 Å². The molecule has 0 saturated carbocycles. The van der Waals surface area contributed by atoms with Crippen LogP contribution >= 0.6 is 15.9 Å². The van der Waals surface area contributed by atoms with Crippen LogP contribution in [0.4, 0.5) is 0 Å². The number of methoxy groups -OCH3 is 2. The van der Waals surface area contributed by atoms with E-state index >= 15 is 0 Å². The fraction of sp³-hybridized carbons (Fsp3) is 0.500. The number of ether oxygens (including phenoxy) is 2. The van der Waals surface area contributed by atoms with Gasteiger partial charge in [0, 0.05) is 25.6 Å². The average Bonchev–Trinajstić information content (AvgIpc) is 2.83. The van der Waals surface area contributed by atoms with Gasteiger partial charge >= 0.3 is 0 Å². The van der Waals surface area contributed by atoms with Crippen molar-refractivity contribution >= 4 is 21.8 Å². The largest absolute Gasteiger partial charge is 0.493 e. The summed E-state index contributed by atoms with van der Waals surface area (Å²) in [6.07, 6.45) is 1.54. The molecule has 1 fully saturated rings. The van der Waals surface area contributed by atoms with Gasteiger partial charge in [0.25, 0.3) is 0 Å². The highest BCUT2D eigenvalue weighted by atomic mass is 79.9. The number of halogens is 1. The molecule has 2 rings (SSSR count). The van der Waals surface area contributed by atoms with Crippen LogP contribution in [0.15, 0.2) is 16.6 Å². The summed E-state index contributed by atoms with van der Waals surface area (Å²) >= 11 is 3.48. The number of carbonyl (C=O) groups is 1. The van der Waals surface area contributed by atoms with Crippen LogP contribution in [0.2, 0.25) is 0 Å². The zero-order chi connectivity index (χ0) is 14.5. The first-order chi connectivity index (χ1) is 9.63. The van der Waals surface area contributed by atoms with E-state index in [0.717, 1.165) is 23.0 Å². The summed E-state index contributed by atoms with van der Waals surface area (Å²) in [5, 5.41) is 6.29. The molecule has 1 amide bonds. The minimum Gasteiger partial charge on any atom is -0.493 e. The van der Waals surface area contributed by atoms with Crippen molar-refractivity contribution in [3.05, 3.63) is 22.2 Å². The molecule has 1 heterocycles. The maximum absolute atomic E-state index is 11.1. The van der Waals surface area contributed by atoms with Crippen LogP contribution < -0.4 is 20.1 Å². The Balaban J connectivity index is 1.92. The fourth-order valence-corrected chi connectivity index (χ4v) is 2.95. The predicted molar refractivity (Wildman–Crippen MR) is 80.1 cm³/mol. The Morgan fingerprint density at radius 2 is 2.20 bits per heavy atom. The minimum absolute atomic E-state index is 0.144. The maximum Gasteiger partial charge on any atom is 0.220 e. The summed E-state index contributed by atoms with van der Waals surface area (Å²) in [6.45, 7) is 1.49. The molecule has 1 aromatic carbocycles. The van der Waals surface area contributed by atoms with E-state index in [1.807, 2.05) is 12.1 Å². The quantitative estimate of drug-likeness (QED) is 0.828. The first kappa shape index (κ1) is 15.1. The molecular formula is C14H19BrN2O3. The smallest absolute Gasteiger partial charge is 0.220 e. The van der Waals surface area contributed by atoms with E-state index in [2.05, 4.69) is 26.6 Å². The molecular weight excluding hydrogens is 324 g/mol. The zero-order valence-corrected chi connectivity index (χ0v) is 13.2. The van der Waals surface area contributed by atoms with Crippen molar-refractivity contribution in [2.45, 2.75) is 25.4 Å². The normalized spacial score (nSPS) is 17.9. The Bertz CT molecular complexity index is 494. The van der Waals surface area contributed by atoms with Crippen LogP contribution in [0, 0.1) is 0 Å². The van der Waals surface area contributed by atoms with Crippen molar-refractivity contribution in [3.8, 4) is 11.5 Å². The number of hydrogen-bond acceptors (Lipinski definition) is 4. The van der Waals surface area contributed by atoms with E-state index in [-0.39, 0.29) is 11.9 Å². The Morgan fingerprint density at radius 3 is 2.80 bits per heavy atom. The lowest BCUT2D eigenvalue weighted by atomic mass is 10.2. The molecule has 0 bridgehead atoms. The highest BCUT2D eigenvalue weighted by molar-refractivity contribution is 9.10. The molecule has 5 nitrogen and oxygen atoms in total. The summed E-state index contributed by atoms with van der Waals surface area (Å²) in [6, 6.07) is 4.19. The molecule has 6 heteroatoms. The summed E-state index contributed by atoms with van der Waals surface area (Å²) in [5.74, 6) is 1.54. The molecule has 0 aliphatic carbocycles. The second-order valence-corrected chi connectivity index (χ2v) is 5.60. The van der Waals surface area contributed by atoms with E-state index in [0.29, 0.717) is 24.5 Å². The third kappa shape index (κ3) is 3.64. The molecule has 0 spiro atoms. The lowest BCUT2D eigenvalue weighted by Gasteiger charge is -2.14. The van der Waals surface area contributed by atoms with Crippen molar-refractivity contribution in [1.82, 2.24) is 10.6 Å². The average molecular weight is 343 g/mol. The van der Waals surface area contributed by atoms with Crippen LogP contribution in [-0.2, 0) is 11.3 Å². The molecule has 1 aromatic rings. The second-order valence-electron chi connectivity index (χ2n) is 4.75. The molecule has 110 valence electrons. The van der Waals surface area contributed by atoms with E-state index in [4.69, 9.17) is 9.47 Å². The molecule has 1 aliphatic rings. The summed E-state index contributed by atoms with van der Waals surface area (Å²) in [7, 11) is 3.23. The Hall–Kier alpha value is -1.27. The van der Waals surface area contributed by atoms with E-state index in [1.165, 1.54) is 0 Å². The first-order valence-electron chi connectivity index (χ1n) is 6.54. The monoisotopic (exact) mass is 342 g/mol. The highest BCUT2D eigenvalue weighted by Gasteiger charge is 2.20. The van der Waals surface area contributed by atoms with E-state index < -0.39 is 0 Å². The third-order valence-corrected chi connectivity index (χ3v) is 3.89. The van der Waals surface area contributed by atoms with Crippen molar-refractivity contribution in [2.75, 3.05) is 20.8 Å². The van der Waals surface area contributed by atoms with Crippen molar-refractivity contribution in [2.24, 2.45) is 0 Å². The summed E-state index contributed by atoms with van der Waals surface area (Å²) in [5.41, 5.74) is 1.10. The predicted octanol–water partition coefficient (Wildman–Crippen LogP) is 1.83. The van der Waals surface area contributed by atoms with Gasteiger partial charge in [-0.25, -0.2) is 0 Å². The molecule has 1 aliphatic heterocycles. The van der Waals surface area contributed by atoms with Gasteiger partial charge in [0.15, 0.2) is 11.5 Å². The molecule has 1 atom stereocenters. The van der Waals surface area contributed by atoms with Crippen LogP contribution in [0.1, 0.15) is 18.4 Å². The number of carbonyl (C=O) groups excluding carboxylic acids is 1. The number of benzene rings is 1. The summed E-state index contributed by atoms with van der Waals surface area (Å²) in [4.78, 5) is 11.1. The van der Waals surface area contributed by atoms with Crippen LogP contribution in [0.3, 0.4) is 0 Å². The van der Waals surface area contributed by atoms with Gasteiger partial charge in [0.1, 0.15) is 0 Å². The molecule has 20 heavy (non-hydrogen) atoms. The number of nitrogens with one attached hydrogen (secondary N) is 2. The van der Waals surface area contributed by atoms with Crippen molar-refractivity contribution in [1.29, 1.82) is 0 Å². The highest BCUT2D eigenvalue weighted by Crippen LogP contribution is 2.36. The number of rotatable bonds is 6. The maximum atomic E-state index is 11.1. The van der Waals surface area contributed by atoms with Crippen molar-refractivity contribution in [3.63, 3.8) is 0 Å². The molecule has 1 unspecified atom stereocenters. The summed E-state index contributed by atoms with van der Waals surface area (Å²) < 4.78 is 11.5. The zero-order valence-electron chi connectivity index (χ0n) is 11.7. The molecule has 0 radical (unpaired) electrons. The van der Waals surface area contributed by atoms with Gasteiger partial charge in [-0.05, 0) is 40.0 Å². The fourth-order valence-electron chi connectivity index (χ4n) is 2.29. The Kier molecular flexibility index (Phi) is 5.25. The molecule has 1 saturated heterocycles. The van der Waals surface area contributed by atoms with Gasteiger partial charge in [-0.2, -0.15) is 0 Å². The lowest BCUT2D eigenvalue weighted by molar-refractivity contribution is -0.119. The van der Waals surface area contributed by atoms with Gasteiger partial charge in [0.05, 0.1) is 18.7 Å². The number of hydrogen-bond donors (Lipinski definition) is 2. The van der Waals surface area contributed by atoms with Gasteiger partial charge < -0.3 is 20.1 Å². The minimum atomic E-state index is 0.144. The standard InChI is InChI=1S/C14H19BrN2O3/c1-19-12-6-9(5-11(15)14(12)20-2)7-16-8-10-3-4-13(18)17-10/h5-6,10,16H,3-4,7-8H2,1-2H3,(H,17,18). The van der Waals surface area contributed by atoms with Gasteiger partial charge in [-0.1, -0.05) is 0 Å². The van der Waals surface area contributed by atoms with E-state index in [1.54, 1.807) is 14.2 Å². The first-order valence-corrected chi connectivity index (χ1v) is 7.33. The van der Waals surface area contributed by atoms with Crippen molar-refractivity contribution < 1.29 is 14.3 Å². The van der Waals surface area contributed by atoms with Gasteiger partial charge in [-0.15, -0.1) is 0 Å². The lowest BCUT2D eigenvalue weighted by Crippen LogP contribution is -2.35. The Labute approximate surface area is 127 Å². The van der Waals surface area contributed by atoms with Crippen LogP contribution in [-0.4, -0.2) is 32.7 Å². The van der Waals surface area contributed by atoms with Crippen LogP contribution in [0.5, 0.6) is 11.5 Å². The SMILES string of the molecule is COc1cc(CNCC2CCC(=O)N2)cc(Br)c1OC. The molecule has 0 aromatic heterocycles. The van der Waals surface area contributed by atoms with Gasteiger partial charge in [0.2, 0.25) is 5.91 Å². The van der Waals surface area contributed by atoms with Gasteiger partial charge in [-0.3, -0.25) is 4.79 Å². The third-order valence-electron chi connectivity index (χ3n) is 3.30. The molecule has 2 N–H and O–H groups in total. The topological polar surface area (TPSA) is 59.6 Å². The number of amides is 1. The Morgan fingerprint density at radius 1 is 1.40 bits per heavy atom.